The molecule has 0 bridgehead atoms. The molecule has 0 aliphatic carbocycles. The zero-order valence-electron chi connectivity index (χ0n) is 3.94. The van der Waals surface area contributed by atoms with Crippen molar-refractivity contribution >= 4 is 17.4 Å². The van der Waals surface area contributed by atoms with Crippen LogP contribution in [0.25, 0.3) is 0 Å². The molecular weight excluding hydrogens is 154 g/mol. The van der Waals surface area contributed by atoms with Gasteiger partial charge < -0.3 is 4.89 Å². The third kappa shape index (κ3) is 95900. The highest BCUT2D eigenvalue weighted by Gasteiger charge is 1.45. The lowest BCUT2D eigenvalue weighted by molar-refractivity contribution is -0.379. The molecule has 8 heteroatoms. The van der Waals surface area contributed by atoms with Crippen LogP contribution >= 0.6 is 17.4 Å². The molecule has 0 amide bonds. The van der Waals surface area contributed by atoms with E-state index >= 15 is 0 Å². The lowest BCUT2D eigenvalue weighted by atomic mass is 13.0. The molecule has 0 rings (SSSR count). The second kappa shape index (κ2) is 61.7. The van der Waals surface area contributed by atoms with Crippen LogP contribution in [-0.4, -0.2) is 9.79 Å². The van der Waals surface area contributed by atoms with Crippen molar-refractivity contribution < 1.29 is 24.8 Å². The molecule has 0 aromatic heterocycles. The van der Waals surface area contributed by atoms with E-state index in [9.17, 15) is 0 Å². The van der Waals surface area contributed by atoms with E-state index in [1.165, 1.54) is 0 Å². The molecule has 50 valence electrons. The van der Waals surface area contributed by atoms with Crippen molar-refractivity contribution in [2.45, 2.75) is 0 Å². The third-order valence-corrected chi connectivity index (χ3v) is 0. The number of hydrogen-bond donors (Lipinski definition) is 4. The second-order valence-electron chi connectivity index (χ2n) is 0.173. The van der Waals surface area contributed by atoms with Crippen LogP contribution in [0, 0.1) is 0 Å². The number of nitrogens with two attached hydrogens (primary N) is 1. The van der Waals surface area contributed by atoms with Crippen molar-refractivity contribution in [2.24, 2.45) is 5.84 Å². The normalized spacial score (nSPS) is 6.00. The van der Waals surface area contributed by atoms with E-state index in [4.69, 9.17) is 18.9 Å². The third-order valence-electron chi connectivity index (χ3n) is 0. The zero-order chi connectivity index (χ0) is 7.41. The molecule has 0 aliphatic rings. The van der Waals surface area contributed by atoms with Gasteiger partial charge in [-0.15, -0.1) is 0 Å². The number of rotatable bonds is 0. The fourth-order valence-corrected chi connectivity index (χ4v) is 0. The van der Waals surface area contributed by atoms with Gasteiger partial charge in [-0.2, -0.15) is 10.7 Å². The van der Waals surface area contributed by atoms with Crippen LogP contribution in [0.5, 0.6) is 0 Å². The first-order valence-electron chi connectivity index (χ1n) is 1.22. The minimum atomic E-state index is -1.17. The van der Waals surface area contributed by atoms with Crippen LogP contribution < -0.4 is 11.7 Å². The molecular formula is H8N2O4P2+2. The summed E-state index contributed by atoms with van der Waals surface area (Å²) in [5, 5.41) is 0. The zero-order valence-corrected chi connectivity index (χ0v) is 5.84. The lowest BCUT2D eigenvalue weighted by Gasteiger charge is -1.24. The SMILES string of the molecule is N[NH3+].O=PO.O=[PH+]O. The van der Waals surface area contributed by atoms with E-state index in [0.717, 1.165) is 0 Å². The maximum Gasteiger partial charge on any atom is 0.491 e. The van der Waals surface area contributed by atoms with Crippen LogP contribution in [0.3, 0.4) is 0 Å². The van der Waals surface area contributed by atoms with E-state index in [1.54, 1.807) is 0 Å². The van der Waals surface area contributed by atoms with Crippen molar-refractivity contribution in [3.63, 3.8) is 0 Å². The largest absolute Gasteiger partial charge is 0.491 e. The summed E-state index contributed by atoms with van der Waals surface area (Å²) in [6, 6.07) is 0. The van der Waals surface area contributed by atoms with Gasteiger partial charge in [0.2, 0.25) is 0 Å². The Labute approximate surface area is 49.0 Å². The fraction of sp³-hybridized carbons (Fsp3) is 0. The summed E-state index contributed by atoms with van der Waals surface area (Å²) in [5.41, 5.74) is 0. The van der Waals surface area contributed by atoms with E-state index < -0.39 is 17.4 Å². The Kier molecular flexibility index (Phi) is 121. The Hall–Kier alpha value is 0.0400. The van der Waals surface area contributed by atoms with Gasteiger partial charge >= 0.3 is 17.4 Å². The number of hydrogen-bond acceptors (Lipinski definition) is 3. The predicted molar refractivity (Wildman–Crippen MR) is 28.1 cm³/mol. The second-order valence-corrected chi connectivity index (χ2v) is 0.519. The molecule has 0 heterocycles. The molecule has 0 saturated heterocycles. The summed E-state index contributed by atoms with van der Waals surface area (Å²) >= 11 is 0. The Balaban J connectivity index is -0.0000000483. The Bertz CT molecular complexity index is 33.0. The van der Waals surface area contributed by atoms with Crippen molar-refractivity contribution in [3.05, 3.63) is 0 Å². The number of quaternary nitrogens is 1. The van der Waals surface area contributed by atoms with Crippen molar-refractivity contribution in [3.8, 4) is 0 Å². The molecule has 0 radical (unpaired) electrons. The van der Waals surface area contributed by atoms with Gasteiger partial charge in [-0.25, -0.2) is 4.57 Å². The molecule has 1 atom stereocenters. The lowest BCUT2D eigenvalue weighted by Crippen LogP contribution is -2.59. The maximum absolute atomic E-state index is 8.51. The monoisotopic (exact) mass is 162 g/mol. The standard InChI is InChI=1S/H4N2.2HO2P/c1-2;2*1-3-2/h1-2H2;(H,1,2);3H/p+2. The van der Waals surface area contributed by atoms with Gasteiger partial charge in [0.1, 0.15) is 0 Å². The van der Waals surface area contributed by atoms with Crippen LogP contribution in [0.2, 0.25) is 0 Å². The highest BCUT2D eigenvalue weighted by molar-refractivity contribution is 7.16. The minimum Gasteiger partial charge on any atom is -0.310 e. The van der Waals surface area contributed by atoms with Gasteiger partial charge in [0.15, 0.2) is 0 Å². The van der Waals surface area contributed by atoms with Gasteiger partial charge in [0, 0.05) is 0 Å². The van der Waals surface area contributed by atoms with E-state index in [2.05, 4.69) is 11.7 Å². The van der Waals surface area contributed by atoms with Crippen molar-refractivity contribution in [2.75, 3.05) is 0 Å². The highest BCUT2D eigenvalue weighted by Crippen LogP contribution is 1.66. The van der Waals surface area contributed by atoms with Gasteiger partial charge in [-0.3, -0.25) is 5.84 Å². The van der Waals surface area contributed by atoms with Crippen molar-refractivity contribution in [1.29, 1.82) is 0 Å². The molecule has 0 fully saturated rings. The molecule has 0 saturated carbocycles. The van der Waals surface area contributed by atoms with Crippen LogP contribution in [0.15, 0.2) is 0 Å². The topological polar surface area (TPSA) is 128 Å². The average Bonchev–Trinajstić information content (AvgIpc) is 1.75. The summed E-state index contributed by atoms with van der Waals surface area (Å²) < 4.78 is 17.0. The first-order chi connectivity index (χ1) is 3.83. The Morgan fingerprint density at radius 1 is 1.62 bits per heavy atom. The highest BCUT2D eigenvalue weighted by atomic mass is 31.1. The van der Waals surface area contributed by atoms with Gasteiger partial charge in [-0.1, -0.05) is 0 Å². The summed E-state index contributed by atoms with van der Waals surface area (Å²) in [7, 11) is -2.00. The minimum absolute atomic E-state index is 0.833. The molecule has 7 N–H and O–H groups in total. The fourth-order valence-electron chi connectivity index (χ4n) is 0. The van der Waals surface area contributed by atoms with E-state index in [-0.39, 0.29) is 0 Å². The predicted octanol–water partition coefficient (Wildman–Crippen LogP) is -1.79. The quantitative estimate of drug-likeness (QED) is 0.190. The summed E-state index contributed by atoms with van der Waals surface area (Å²) in [6.07, 6.45) is 0. The molecule has 0 aliphatic heterocycles. The summed E-state index contributed by atoms with van der Waals surface area (Å²) in [5.74, 6) is 7.00. The van der Waals surface area contributed by atoms with Gasteiger partial charge in [0.05, 0.1) is 0 Å². The molecule has 1 unspecified atom stereocenters. The van der Waals surface area contributed by atoms with E-state index in [1.807, 2.05) is 0 Å². The molecule has 8 heavy (non-hydrogen) atoms. The molecule has 6 nitrogen and oxygen atoms in total. The van der Waals surface area contributed by atoms with Gasteiger partial charge in [-0.05, 0) is 4.57 Å². The molecule has 0 spiro atoms. The van der Waals surface area contributed by atoms with Gasteiger partial charge in [0.25, 0.3) is 0 Å². The van der Waals surface area contributed by atoms with Crippen molar-refractivity contribution in [1.82, 2.24) is 0 Å². The smallest absolute Gasteiger partial charge is 0.310 e. The maximum atomic E-state index is 8.51. The Morgan fingerprint density at radius 2 is 1.62 bits per heavy atom. The first kappa shape index (κ1) is 15.7. The molecule has 0 aromatic carbocycles. The van der Waals surface area contributed by atoms with Crippen LogP contribution in [-0.2, 0) is 9.13 Å². The average molecular weight is 162 g/mol. The first-order valence-corrected chi connectivity index (χ1v) is 2.84. The summed E-state index contributed by atoms with van der Waals surface area (Å²) in [6.45, 7) is 0. The summed E-state index contributed by atoms with van der Waals surface area (Å²) in [4.78, 5) is 14.0. The van der Waals surface area contributed by atoms with Crippen LogP contribution in [0.1, 0.15) is 0 Å². The van der Waals surface area contributed by atoms with E-state index in [0.29, 0.717) is 0 Å². The van der Waals surface area contributed by atoms with Crippen LogP contribution in [0.4, 0.5) is 0 Å². The molecule has 0 aromatic rings. The Morgan fingerprint density at radius 3 is 1.62 bits per heavy atom.